The van der Waals surface area contributed by atoms with Crippen molar-refractivity contribution in [2.45, 2.75) is 32.3 Å². The van der Waals surface area contributed by atoms with Gasteiger partial charge in [0.05, 0.1) is 24.0 Å². The lowest BCUT2D eigenvalue weighted by Gasteiger charge is -2.40. The summed E-state index contributed by atoms with van der Waals surface area (Å²) in [5.41, 5.74) is 3.22. The molecule has 1 aliphatic heterocycles. The van der Waals surface area contributed by atoms with Gasteiger partial charge in [-0.2, -0.15) is 13.2 Å². The lowest BCUT2D eigenvalue weighted by Crippen LogP contribution is -2.54. The number of alkyl halides is 3. The van der Waals surface area contributed by atoms with Crippen LogP contribution >= 0.6 is 11.3 Å². The summed E-state index contributed by atoms with van der Waals surface area (Å²) < 4.78 is 42.8. The Labute approximate surface area is 223 Å². The first kappa shape index (κ1) is 25.2. The van der Waals surface area contributed by atoms with Crippen LogP contribution in [0.2, 0.25) is 0 Å². The molecule has 202 valence electrons. The van der Waals surface area contributed by atoms with Gasteiger partial charge in [0.15, 0.2) is 11.5 Å². The third-order valence-corrected chi connectivity index (χ3v) is 7.88. The topological polar surface area (TPSA) is 116 Å². The van der Waals surface area contributed by atoms with Gasteiger partial charge in [-0.05, 0) is 36.8 Å². The second-order valence-corrected chi connectivity index (χ2v) is 10.3. The summed E-state index contributed by atoms with van der Waals surface area (Å²) in [6.45, 7) is 2.77. The van der Waals surface area contributed by atoms with E-state index in [1.807, 2.05) is 17.9 Å². The Bertz CT molecular complexity index is 1680. The highest BCUT2D eigenvalue weighted by Gasteiger charge is 2.39. The van der Waals surface area contributed by atoms with Crippen LogP contribution in [-0.4, -0.2) is 71.1 Å². The number of aromatic nitrogens is 6. The fourth-order valence-electron chi connectivity index (χ4n) is 4.83. The van der Waals surface area contributed by atoms with Crippen molar-refractivity contribution >= 4 is 44.4 Å². The Balaban J connectivity index is 1.26. The zero-order chi connectivity index (χ0) is 27.3. The van der Waals surface area contributed by atoms with Crippen LogP contribution in [0.25, 0.3) is 33.7 Å². The van der Waals surface area contributed by atoms with E-state index in [2.05, 4.69) is 24.9 Å². The van der Waals surface area contributed by atoms with Gasteiger partial charge in [-0.1, -0.05) is 17.4 Å². The van der Waals surface area contributed by atoms with Crippen molar-refractivity contribution in [2.75, 3.05) is 24.5 Å². The van der Waals surface area contributed by atoms with Gasteiger partial charge < -0.3 is 24.5 Å². The summed E-state index contributed by atoms with van der Waals surface area (Å²) in [6.07, 6.45) is -1.39. The van der Waals surface area contributed by atoms with E-state index in [4.69, 9.17) is 0 Å². The number of carbonyl (C=O) groups excluding carboxylic acids is 1. The lowest BCUT2D eigenvalue weighted by atomic mass is 10.2. The Kier molecular flexibility index (Phi) is 6.22. The smallest absolute Gasteiger partial charge is 0.392 e. The number of aliphatic hydroxyl groups is 1. The third kappa shape index (κ3) is 4.69. The molecular formula is C25H23F3N8O2S. The van der Waals surface area contributed by atoms with Crippen LogP contribution in [0.3, 0.4) is 0 Å². The number of fused-ring (bicyclic) bond motifs is 2. The highest BCUT2D eigenvalue weighted by atomic mass is 32.1. The number of piperazine rings is 1. The van der Waals surface area contributed by atoms with E-state index in [0.717, 1.165) is 0 Å². The van der Waals surface area contributed by atoms with E-state index in [1.165, 1.54) is 0 Å². The SMILES string of the molecule is C[C@@H]1CN(c2sc(C(F)(F)F)nc2-c2nc3ccc(CO)cc3[nH]2)CCN1C(=O)Cn1cnc2cccnc21. The van der Waals surface area contributed by atoms with Crippen molar-refractivity contribution in [3.63, 3.8) is 0 Å². The molecule has 14 heteroatoms. The summed E-state index contributed by atoms with van der Waals surface area (Å²) in [4.78, 5) is 36.8. The van der Waals surface area contributed by atoms with Crippen molar-refractivity contribution < 1.29 is 23.1 Å². The minimum Gasteiger partial charge on any atom is -0.392 e. The van der Waals surface area contributed by atoms with Crippen LogP contribution in [0.15, 0.2) is 42.9 Å². The standard InChI is InChI=1S/C25H23F3N8O2S/c1-14-10-34(7-8-36(14)19(38)11-35-13-30-17-3-2-6-29-22(17)35)23-20(33-24(39-23)25(26,27)28)21-31-16-5-4-15(12-37)9-18(16)32-21/h2-6,9,13-14,37H,7-8,10-12H2,1H3,(H,31,32)/t14-/m1/s1. The Morgan fingerprint density at radius 3 is 2.79 bits per heavy atom. The number of amides is 1. The van der Waals surface area contributed by atoms with Gasteiger partial charge in [0.25, 0.3) is 0 Å². The van der Waals surface area contributed by atoms with Crippen molar-refractivity contribution in [2.24, 2.45) is 0 Å². The van der Waals surface area contributed by atoms with E-state index >= 15 is 0 Å². The van der Waals surface area contributed by atoms with E-state index < -0.39 is 11.2 Å². The summed E-state index contributed by atoms with van der Waals surface area (Å²) in [6, 6.07) is 8.44. The average molecular weight is 557 g/mol. The van der Waals surface area contributed by atoms with Crippen LogP contribution in [0.4, 0.5) is 18.2 Å². The summed E-state index contributed by atoms with van der Waals surface area (Å²) >= 11 is 0.568. The molecule has 6 rings (SSSR count). The van der Waals surface area contributed by atoms with E-state index in [9.17, 15) is 23.1 Å². The highest BCUT2D eigenvalue weighted by molar-refractivity contribution is 7.16. The highest BCUT2D eigenvalue weighted by Crippen LogP contribution is 2.42. The summed E-state index contributed by atoms with van der Waals surface area (Å²) in [5, 5.41) is 8.80. The number of nitrogens with one attached hydrogen (secondary N) is 1. The molecule has 1 amide bonds. The fourth-order valence-corrected chi connectivity index (χ4v) is 5.80. The van der Waals surface area contributed by atoms with Crippen LogP contribution < -0.4 is 4.90 Å². The number of rotatable bonds is 5. The molecule has 0 unspecified atom stereocenters. The Morgan fingerprint density at radius 1 is 1.18 bits per heavy atom. The van der Waals surface area contributed by atoms with Gasteiger partial charge in [-0.25, -0.2) is 19.9 Å². The van der Waals surface area contributed by atoms with Crippen molar-refractivity contribution in [3.8, 4) is 11.5 Å². The first-order valence-corrected chi connectivity index (χ1v) is 13.0. The molecule has 1 aromatic carbocycles. The Morgan fingerprint density at radius 2 is 2.03 bits per heavy atom. The molecule has 2 N–H and O–H groups in total. The first-order chi connectivity index (χ1) is 18.7. The van der Waals surface area contributed by atoms with Gasteiger partial charge in [0, 0.05) is 31.9 Å². The molecule has 0 spiro atoms. The molecule has 5 aromatic rings. The number of benzene rings is 1. The summed E-state index contributed by atoms with van der Waals surface area (Å²) in [5.74, 6) is 0.0945. The molecule has 4 aromatic heterocycles. The minimum atomic E-state index is -4.61. The van der Waals surface area contributed by atoms with Crippen molar-refractivity contribution in [1.82, 2.24) is 34.4 Å². The third-order valence-electron chi connectivity index (χ3n) is 6.72. The van der Waals surface area contributed by atoms with Crippen molar-refractivity contribution in [3.05, 3.63) is 53.4 Å². The fraction of sp³-hybridized carbons (Fsp3) is 0.320. The zero-order valence-electron chi connectivity index (χ0n) is 20.7. The number of pyridine rings is 1. The van der Waals surface area contributed by atoms with E-state index in [-0.39, 0.29) is 36.6 Å². The molecule has 1 atom stereocenters. The monoisotopic (exact) mass is 556 g/mol. The molecular weight excluding hydrogens is 533 g/mol. The molecule has 0 saturated carbocycles. The van der Waals surface area contributed by atoms with Gasteiger partial charge in [-0.15, -0.1) is 0 Å². The van der Waals surface area contributed by atoms with Gasteiger partial charge >= 0.3 is 6.18 Å². The molecule has 0 aliphatic carbocycles. The van der Waals surface area contributed by atoms with Crippen LogP contribution in [-0.2, 0) is 24.1 Å². The molecule has 0 bridgehead atoms. The number of hydrogen-bond acceptors (Lipinski definition) is 8. The molecule has 1 aliphatic rings. The first-order valence-electron chi connectivity index (χ1n) is 12.2. The van der Waals surface area contributed by atoms with Gasteiger partial charge in [-0.3, -0.25) is 4.79 Å². The maximum absolute atomic E-state index is 13.7. The minimum absolute atomic E-state index is 0.0662. The Hall–Kier alpha value is -4.04. The van der Waals surface area contributed by atoms with Gasteiger partial charge in [0.2, 0.25) is 10.9 Å². The van der Waals surface area contributed by atoms with E-state index in [0.29, 0.717) is 63.7 Å². The number of aromatic amines is 1. The maximum atomic E-state index is 13.7. The van der Waals surface area contributed by atoms with Crippen LogP contribution in [0.5, 0.6) is 0 Å². The second kappa shape index (κ2) is 9.61. The number of H-pyrrole nitrogens is 1. The van der Waals surface area contributed by atoms with Crippen LogP contribution in [0.1, 0.15) is 17.5 Å². The zero-order valence-corrected chi connectivity index (χ0v) is 21.5. The van der Waals surface area contributed by atoms with Crippen LogP contribution in [0, 0.1) is 0 Å². The quantitative estimate of drug-likeness (QED) is 0.339. The molecule has 39 heavy (non-hydrogen) atoms. The lowest BCUT2D eigenvalue weighted by molar-refractivity contribution is -0.137. The van der Waals surface area contributed by atoms with E-state index in [1.54, 1.807) is 46.3 Å². The average Bonchev–Trinajstić information content (AvgIpc) is 3.64. The van der Waals surface area contributed by atoms with Crippen molar-refractivity contribution in [1.29, 1.82) is 0 Å². The number of hydrogen-bond donors (Lipinski definition) is 2. The molecule has 10 nitrogen and oxygen atoms in total. The predicted molar refractivity (Wildman–Crippen MR) is 139 cm³/mol. The molecule has 0 radical (unpaired) electrons. The normalized spacial score (nSPS) is 16.5. The molecule has 1 fully saturated rings. The number of imidazole rings is 2. The number of nitrogens with zero attached hydrogens (tertiary/aromatic N) is 7. The van der Waals surface area contributed by atoms with Gasteiger partial charge in [0.1, 0.15) is 22.8 Å². The number of anilines is 1. The molecule has 1 saturated heterocycles. The maximum Gasteiger partial charge on any atom is 0.443 e. The number of carbonyl (C=O) groups is 1. The molecule has 5 heterocycles. The number of aliphatic hydroxyl groups excluding tert-OH is 1. The largest absolute Gasteiger partial charge is 0.443 e. The predicted octanol–water partition coefficient (Wildman–Crippen LogP) is 3.68. The second-order valence-electron chi connectivity index (χ2n) is 9.37. The number of halogens is 3. The summed E-state index contributed by atoms with van der Waals surface area (Å²) in [7, 11) is 0. The number of thiazole rings is 1.